The van der Waals surface area contributed by atoms with Crippen LogP contribution in [0, 0.1) is 12.8 Å². The average molecular weight is 421 g/mol. The van der Waals surface area contributed by atoms with Crippen molar-refractivity contribution in [3.8, 4) is 10.6 Å². The lowest BCUT2D eigenvalue weighted by atomic mass is 9.86. The van der Waals surface area contributed by atoms with Crippen LogP contribution in [0.2, 0.25) is 0 Å². The van der Waals surface area contributed by atoms with Crippen LogP contribution in [0.1, 0.15) is 50.8 Å². The van der Waals surface area contributed by atoms with Gasteiger partial charge in [0.15, 0.2) is 9.84 Å². The summed E-state index contributed by atoms with van der Waals surface area (Å²) in [4.78, 5) is 17.0. The Morgan fingerprint density at radius 3 is 2.61 bits per heavy atom. The minimum atomic E-state index is -3.62. The zero-order chi connectivity index (χ0) is 20.3. The van der Waals surface area contributed by atoms with Gasteiger partial charge in [-0.25, -0.2) is 13.4 Å². The number of nitrogens with zero attached hydrogens (tertiary/aromatic N) is 1. The fraction of sp³-hybridized carbons (Fsp3) is 0.524. The molecule has 2 aromatic rings. The van der Waals surface area contributed by atoms with Gasteiger partial charge >= 0.3 is 0 Å². The lowest BCUT2D eigenvalue weighted by Gasteiger charge is -2.30. The SMILES string of the molecule is Cc1ccc(-c2nc(CS(=O)(=O)[C@H](C)C(=O)N[C@@H]3CCCC[C@@H]3C)cs2)cc1. The normalized spacial score (nSPS) is 21.2. The van der Waals surface area contributed by atoms with Gasteiger partial charge in [0.1, 0.15) is 10.3 Å². The molecule has 0 unspecified atom stereocenters. The van der Waals surface area contributed by atoms with Crippen molar-refractivity contribution >= 4 is 27.1 Å². The highest BCUT2D eigenvalue weighted by atomic mass is 32.2. The van der Waals surface area contributed by atoms with Gasteiger partial charge in [0.2, 0.25) is 5.91 Å². The summed E-state index contributed by atoms with van der Waals surface area (Å²) in [6.07, 6.45) is 4.25. The van der Waals surface area contributed by atoms with E-state index in [0.717, 1.165) is 35.4 Å². The number of amides is 1. The monoisotopic (exact) mass is 420 g/mol. The predicted molar refractivity (Wildman–Crippen MR) is 114 cm³/mol. The van der Waals surface area contributed by atoms with Gasteiger partial charge < -0.3 is 5.32 Å². The van der Waals surface area contributed by atoms with E-state index < -0.39 is 21.0 Å². The molecule has 1 saturated carbocycles. The molecular weight excluding hydrogens is 392 g/mol. The third-order valence-corrected chi connectivity index (χ3v) is 8.48. The number of hydrogen-bond acceptors (Lipinski definition) is 5. The summed E-state index contributed by atoms with van der Waals surface area (Å²) in [5.74, 6) is -0.222. The maximum Gasteiger partial charge on any atom is 0.238 e. The summed E-state index contributed by atoms with van der Waals surface area (Å²) >= 11 is 1.42. The highest BCUT2D eigenvalue weighted by molar-refractivity contribution is 7.92. The highest BCUT2D eigenvalue weighted by Crippen LogP contribution is 2.26. The molecule has 1 fully saturated rings. The van der Waals surface area contributed by atoms with E-state index in [1.54, 1.807) is 5.38 Å². The summed E-state index contributed by atoms with van der Waals surface area (Å²) < 4.78 is 25.5. The first-order valence-corrected chi connectivity index (χ1v) is 12.4. The van der Waals surface area contributed by atoms with Crippen molar-refractivity contribution in [2.45, 2.75) is 63.5 Å². The molecule has 1 amide bonds. The Morgan fingerprint density at radius 1 is 1.25 bits per heavy atom. The maximum absolute atomic E-state index is 12.8. The van der Waals surface area contributed by atoms with Gasteiger partial charge in [-0.15, -0.1) is 11.3 Å². The summed E-state index contributed by atoms with van der Waals surface area (Å²) in [6.45, 7) is 5.61. The Hall–Kier alpha value is -1.73. The molecule has 3 rings (SSSR count). The number of rotatable bonds is 6. The molecule has 5 nitrogen and oxygen atoms in total. The lowest BCUT2D eigenvalue weighted by Crippen LogP contribution is -2.47. The third-order valence-electron chi connectivity index (χ3n) is 5.55. The molecule has 0 saturated heterocycles. The van der Waals surface area contributed by atoms with Gasteiger partial charge in [0.05, 0.1) is 11.4 Å². The van der Waals surface area contributed by atoms with Crippen LogP contribution in [-0.4, -0.2) is 30.6 Å². The molecular formula is C21H28N2O3S2. The number of aromatic nitrogens is 1. The summed E-state index contributed by atoms with van der Waals surface area (Å²) in [7, 11) is -3.62. The predicted octanol–water partition coefficient (Wildman–Crippen LogP) is 4.12. The van der Waals surface area contributed by atoms with Gasteiger partial charge in [-0.2, -0.15) is 0 Å². The lowest BCUT2D eigenvalue weighted by molar-refractivity contribution is -0.121. The number of carbonyl (C=O) groups excluding carboxylic acids is 1. The second-order valence-corrected chi connectivity index (χ2v) is 11.0. The van der Waals surface area contributed by atoms with E-state index >= 15 is 0 Å². The topological polar surface area (TPSA) is 76.1 Å². The molecule has 1 aliphatic rings. The molecule has 0 radical (unpaired) electrons. The number of carbonyl (C=O) groups is 1. The Balaban J connectivity index is 1.65. The average Bonchev–Trinajstić information content (AvgIpc) is 3.11. The molecule has 1 aromatic heterocycles. The van der Waals surface area contributed by atoms with E-state index in [-0.39, 0.29) is 11.8 Å². The largest absolute Gasteiger partial charge is 0.352 e. The van der Waals surface area contributed by atoms with Crippen molar-refractivity contribution in [3.63, 3.8) is 0 Å². The van der Waals surface area contributed by atoms with Gasteiger partial charge in [-0.3, -0.25) is 4.79 Å². The standard InChI is InChI=1S/C21H28N2O3S2/c1-14-8-10-17(11-9-14)21-22-18(12-27-21)13-28(25,26)16(3)20(24)23-19-7-5-4-6-15(19)2/h8-12,15-16,19H,4-7,13H2,1-3H3,(H,23,24)/t15-,16+,19+/m0/s1. The van der Waals surface area contributed by atoms with Crippen molar-refractivity contribution in [1.82, 2.24) is 10.3 Å². The summed E-state index contributed by atoms with van der Waals surface area (Å²) in [6, 6.07) is 8.05. The first-order chi connectivity index (χ1) is 13.3. The first-order valence-electron chi connectivity index (χ1n) is 9.79. The zero-order valence-electron chi connectivity index (χ0n) is 16.6. The highest BCUT2D eigenvalue weighted by Gasteiger charge is 2.32. The minimum Gasteiger partial charge on any atom is -0.352 e. The van der Waals surface area contributed by atoms with E-state index in [1.165, 1.54) is 24.7 Å². The van der Waals surface area contributed by atoms with Crippen molar-refractivity contribution in [2.75, 3.05) is 0 Å². The molecule has 1 N–H and O–H groups in total. The van der Waals surface area contributed by atoms with Crippen LogP contribution >= 0.6 is 11.3 Å². The molecule has 3 atom stereocenters. The molecule has 1 heterocycles. The number of thiazole rings is 1. The molecule has 1 aliphatic carbocycles. The van der Waals surface area contributed by atoms with Crippen molar-refractivity contribution in [3.05, 3.63) is 40.9 Å². The van der Waals surface area contributed by atoms with E-state index in [2.05, 4.69) is 17.2 Å². The minimum absolute atomic E-state index is 0.0753. The molecule has 0 aliphatic heterocycles. The van der Waals surface area contributed by atoms with E-state index in [4.69, 9.17) is 0 Å². The van der Waals surface area contributed by atoms with Crippen LogP contribution in [0.4, 0.5) is 0 Å². The van der Waals surface area contributed by atoms with Gasteiger partial charge in [0, 0.05) is 17.0 Å². The van der Waals surface area contributed by atoms with E-state index in [0.29, 0.717) is 11.6 Å². The number of sulfone groups is 1. The molecule has 152 valence electrons. The van der Waals surface area contributed by atoms with Gasteiger partial charge in [0.25, 0.3) is 0 Å². The Kier molecular flexibility index (Phi) is 6.55. The third kappa shape index (κ3) is 5.00. The van der Waals surface area contributed by atoms with Crippen LogP contribution in [0.25, 0.3) is 10.6 Å². The Bertz CT molecular complexity index is 919. The quantitative estimate of drug-likeness (QED) is 0.763. The van der Waals surface area contributed by atoms with Crippen molar-refractivity contribution in [2.24, 2.45) is 5.92 Å². The Morgan fingerprint density at radius 2 is 1.93 bits per heavy atom. The molecule has 1 aromatic carbocycles. The zero-order valence-corrected chi connectivity index (χ0v) is 18.3. The molecule has 7 heteroatoms. The van der Waals surface area contributed by atoms with Crippen LogP contribution in [0.15, 0.2) is 29.6 Å². The fourth-order valence-corrected chi connectivity index (χ4v) is 5.66. The van der Waals surface area contributed by atoms with Gasteiger partial charge in [-0.1, -0.05) is 49.6 Å². The number of benzene rings is 1. The molecule has 0 bridgehead atoms. The van der Waals surface area contributed by atoms with Crippen molar-refractivity contribution < 1.29 is 13.2 Å². The fourth-order valence-electron chi connectivity index (χ4n) is 3.53. The van der Waals surface area contributed by atoms with Crippen LogP contribution < -0.4 is 5.32 Å². The summed E-state index contributed by atoms with van der Waals surface area (Å²) in [5, 5.41) is 4.44. The smallest absolute Gasteiger partial charge is 0.238 e. The molecule has 28 heavy (non-hydrogen) atoms. The Labute approximate surface area is 171 Å². The number of hydrogen-bond donors (Lipinski definition) is 1. The maximum atomic E-state index is 12.8. The number of nitrogens with one attached hydrogen (secondary N) is 1. The number of aryl methyl sites for hydroxylation is 1. The first kappa shape index (κ1) is 21.0. The van der Waals surface area contributed by atoms with Gasteiger partial charge in [-0.05, 0) is 32.6 Å². The second kappa shape index (κ2) is 8.74. The second-order valence-electron chi connectivity index (χ2n) is 7.84. The van der Waals surface area contributed by atoms with Crippen LogP contribution in [0.5, 0.6) is 0 Å². The van der Waals surface area contributed by atoms with Crippen molar-refractivity contribution in [1.29, 1.82) is 0 Å². The van der Waals surface area contributed by atoms with Crippen LogP contribution in [-0.2, 0) is 20.4 Å². The summed E-state index contributed by atoms with van der Waals surface area (Å²) in [5.41, 5.74) is 2.62. The van der Waals surface area contributed by atoms with Crippen LogP contribution in [0.3, 0.4) is 0 Å². The molecule has 0 spiro atoms. The van der Waals surface area contributed by atoms with E-state index in [1.807, 2.05) is 31.2 Å². The van der Waals surface area contributed by atoms with E-state index in [9.17, 15) is 13.2 Å².